The van der Waals surface area contributed by atoms with Crippen LogP contribution in [-0.4, -0.2) is 51.4 Å². The van der Waals surface area contributed by atoms with Crippen LogP contribution < -0.4 is 15.4 Å². The third-order valence-electron chi connectivity index (χ3n) is 2.94. The third-order valence-corrected chi connectivity index (χ3v) is 2.94. The van der Waals surface area contributed by atoms with Crippen molar-refractivity contribution >= 4 is 30.0 Å². The molecule has 2 rings (SSSR count). The SMILES string of the molecule is COC(=O)COc1ccc(NC(=O)C2COCCN2)cc1.Cl. The van der Waals surface area contributed by atoms with E-state index < -0.39 is 5.97 Å². The van der Waals surface area contributed by atoms with Crippen molar-refractivity contribution in [3.05, 3.63) is 24.3 Å². The zero-order chi connectivity index (χ0) is 15.1. The van der Waals surface area contributed by atoms with Crippen molar-refractivity contribution in [2.45, 2.75) is 6.04 Å². The van der Waals surface area contributed by atoms with E-state index in [0.717, 1.165) is 0 Å². The van der Waals surface area contributed by atoms with E-state index in [1.54, 1.807) is 24.3 Å². The first-order valence-electron chi connectivity index (χ1n) is 6.60. The van der Waals surface area contributed by atoms with E-state index in [2.05, 4.69) is 15.4 Å². The Morgan fingerprint density at radius 3 is 2.68 bits per heavy atom. The highest BCUT2D eigenvalue weighted by atomic mass is 35.5. The summed E-state index contributed by atoms with van der Waals surface area (Å²) in [5.41, 5.74) is 0.651. The Morgan fingerprint density at radius 2 is 2.09 bits per heavy atom. The number of anilines is 1. The molecule has 0 saturated carbocycles. The van der Waals surface area contributed by atoms with Crippen LogP contribution in [0.3, 0.4) is 0 Å². The van der Waals surface area contributed by atoms with Gasteiger partial charge in [-0.15, -0.1) is 12.4 Å². The number of esters is 1. The molecule has 1 aromatic rings. The molecule has 1 heterocycles. The largest absolute Gasteiger partial charge is 0.482 e. The normalized spacial score (nSPS) is 17.0. The number of halogens is 1. The van der Waals surface area contributed by atoms with Crippen molar-refractivity contribution in [2.24, 2.45) is 0 Å². The zero-order valence-corrected chi connectivity index (χ0v) is 13.0. The van der Waals surface area contributed by atoms with E-state index in [-0.39, 0.29) is 31.0 Å². The predicted molar refractivity (Wildman–Crippen MR) is 82.4 cm³/mol. The summed E-state index contributed by atoms with van der Waals surface area (Å²) in [5, 5.41) is 5.86. The molecule has 0 bridgehead atoms. The topological polar surface area (TPSA) is 85.9 Å². The number of carbonyl (C=O) groups is 2. The number of benzene rings is 1. The molecule has 1 aromatic carbocycles. The second-order valence-corrected chi connectivity index (χ2v) is 4.46. The van der Waals surface area contributed by atoms with Gasteiger partial charge in [0.1, 0.15) is 11.8 Å². The number of amides is 1. The molecule has 0 aromatic heterocycles. The van der Waals surface area contributed by atoms with E-state index >= 15 is 0 Å². The average molecular weight is 331 g/mol. The quantitative estimate of drug-likeness (QED) is 0.768. The van der Waals surface area contributed by atoms with E-state index in [0.29, 0.717) is 31.2 Å². The maximum Gasteiger partial charge on any atom is 0.343 e. The van der Waals surface area contributed by atoms with Crippen LogP contribution in [0.15, 0.2) is 24.3 Å². The zero-order valence-electron chi connectivity index (χ0n) is 12.2. The number of nitrogens with one attached hydrogen (secondary N) is 2. The van der Waals surface area contributed by atoms with Crippen molar-refractivity contribution in [3.8, 4) is 5.75 Å². The fourth-order valence-corrected chi connectivity index (χ4v) is 1.80. The summed E-state index contributed by atoms with van der Waals surface area (Å²) in [4.78, 5) is 22.9. The molecule has 1 saturated heterocycles. The van der Waals surface area contributed by atoms with Crippen LogP contribution in [0.2, 0.25) is 0 Å². The molecule has 8 heteroatoms. The Bertz CT molecular complexity index is 489. The molecule has 1 unspecified atom stereocenters. The lowest BCUT2D eigenvalue weighted by Crippen LogP contribution is -2.48. The Morgan fingerprint density at radius 1 is 1.36 bits per heavy atom. The molecule has 2 N–H and O–H groups in total. The molecule has 22 heavy (non-hydrogen) atoms. The summed E-state index contributed by atoms with van der Waals surface area (Å²) >= 11 is 0. The van der Waals surface area contributed by atoms with E-state index in [1.165, 1.54) is 7.11 Å². The smallest absolute Gasteiger partial charge is 0.343 e. The van der Waals surface area contributed by atoms with Crippen LogP contribution in [-0.2, 0) is 19.1 Å². The molecule has 1 fully saturated rings. The highest BCUT2D eigenvalue weighted by molar-refractivity contribution is 5.95. The number of carbonyl (C=O) groups excluding carboxylic acids is 2. The maximum absolute atomic E-state index is 12.0. The summed E-state index contributed by atoms with van der Waals surface area (Å²) < 4.78 is 14.9. The number of hydrogen-bond donors (Lipinski definition) is 2. The molecule has 0 radical (unpaired) electrons. The number of ether oxygens (including phenoxy) is 3. The van der Waals surface area contributed by atoms with Gasteiger partial charge in [0, 0.05) is 12.2 Å². The number of hydrogen-bond acceptors (Lipinski definition) is 6. The summed E-state index contributed by atoms with van der Waals surface area (Å²) in [5.74, 6) is -0.0637. The number of morpholine rings is 1. The second-order valence-electron chi connectivity index (χ2n) is 4.46. The first kappa shape index (κ1) is 18.2. The van der Waals surface area contributed by atoms with Crippen LogP contribution >= 0.6 is 12.4 Å². The molecule has 122 valence electrons. The Labute approximate surface area is 134 Å². The average Bonchev–Trinajstić information content (AvgIpc) is 2.54. The van der Waals surface area contributed by atoms with Crippen LogP contribution in [0.1, 0.15) is 0 Å². The van der Waals surface area contributed by atoms with Gasteiger partial charge in [0.2, 0.25) is 5.91 Å². The van der Waals surface area contributed by atoms with Crippen molar-refractivity contribution in [1.82, 2.24) is 5.32 Å². The molecule has 7 nitrogen and oxygen atoms in total. The minimum atomic E-state index is -0.448. The Hall–Kier alpha value is -1.83. The van der Waals surface area contributed by atoms with E-state index in [4.69, 9.17) is 9.47 Å². The van der Waals surface area contributed by atoms with Crippen LogP contribution in [0.4, 0.5) is 5.69 Å². The fourth-order valence-electron chi connectivity index (χ4n) is 1.80. The molecule has 0 spiro atoms. The molecule has 1 atom stereocenters. The monoisotopic (exact) mass is 330 g/mol. The van der Waals surface area contributed by atoms with Gasteiger partial charge in [-0.3, -0.25) is 4.79 Å². The van der Waals surface area contributed by atoms with E-state index in [1.807, 2.05) is 0 Å². The third kappa shape index (κ3) is 5.51. The first-order chi connectivity index (χ1) is 10.2. The number of rotatable bonds is 5. The fraction of sp³-hybridized carbons (Fsp3) is 0.429. The van der Waals surface area contributed by atoms with Gasteiger partial charge in [-0.25, -0.2) is 4.79 Å². The molecular weight excluding hydrogens is 312 g/mol. The summed E-state index contributed by atoms with van der Waals surface area (Å²) in [6.45, 7) is 1.51. The summed E-state index contributed by atoms with van der Waals surface area (Å²) in [7, 11) is 1.30. The van der Waals surface area contributed by atoms with Crippen molar-refractivity contribution in [2.75, 3.05) is 38.8 Å². The lowest BCUT2D eigenvalue weighted by molar-refractivity contribution is -0.142. The van der Waals surface area contributed by atoms with E-state index in [9.17, 15) is 9.59 Å². The van der Waals surface area contributed by atoms with Crippen LogP contribution in [0.25, 0.3) is 0 Å². The maximum atomic E-state index is 12.0. The second kappa shape index (κ2) is 9.24. The van der Waals surface area contributed by atoms with Crippen LogP contribution in [0, 0.1) is 0 Å². The molecular formula is C14H19ClN2O5. The predicted octanol–water partition coefficient (Wildman–Crippen LogP) is 0.587. The van der Waals surface area contributed by atoms with Gasteiger partial charge in [-0.1, -0.05) is 0 Å². The van der Waals surface area contributed by atoms with Gasteiger partial charge >= 0.3 is 5.97 Å². The van der Waals surface area contributed by atoms with Crippen LogP contribution in [0.5, 0.6) is 5.75 Å². The van der Waals surface area contributed by atoms with Crippen molar-refractivity contribution in [1.29, 1.82) is 0 Å². The van der Waals surface area contributed by atoms with Gasteiger partial charge in [-0.2, -0.15) is 0 Å². The molecule has 1 aliphatic heterocycles. The van der Waals surface area contributed by atoms with Crippen molar-refractivity contribution in [3.63, 3.8) is 0 Å². The lowest BCUT2D eigenvalue weighted by Gasteiger charge is -2.22. The highest BCUT2D eigenvalue weighted by Crippen LogP contribution is 2.16. The molecule has 1 amide bonds. The minimum Gasteiger partial charge on any atom is -0.482 e. The van der Waals surface area contributed by atoms with Gasteiger partial charge in [0.05, 0.1) is 20.3 Å². The van der Waals surface area contributed by atoms with Gasteiger partial charge < -0.3 is 24.8 Å². The van der Waals surface area contributed by atoms with Gasteiger partial charge in [0.25, 0.3) is 0 Å². The van der Waals surface area contributed by atoms with Gasteiger partial charge in [0.15, 0.2) is 6.61 Å². The minimum absolute atomic E-state index is 0. The molecule has 1 aliphatic rings. The first-order valence-corrected chi connectivity index (χ1v) is 6.60. The van der Waals surface area contributed by atoms with Crippen molar-refractivity contribution < 1.29 is 23.8 Å². The Balaban J connectivity index is 0.00000242. The number of methoxy groups -OCH3 is 1. The Kier molecular flexibility index (Phi) is 7.65. The molecule has 0 aliphatic carbocycles. The summed E-state index contributed by atoms with van der Waals surface area (Å²) in [6.07, 6.45) is 0. The lowest BCUT2D eigenvalue weighted by atomic mass is 10.2. The summed E-state index contributed by atoms with van der Waals surface area (Å²) in [6, 6.07) is 6.41. The van der Waals surface area contributed by atoms with Gasteiger partial charge in [-0.05, 0) is 24.3 Å². The highest BCUT2D eigenvalue weighted by Gasteiger charge is 2.20. The standard InChI is InChI=1S/C14H18N2O5.ClH/c1-19-13(17)9-21-11-4-2-10(3-5-11)16-14(18)12-8-20-7-6-15-12;/h2-5,12,15H,6-9H2,1H3,(H,16,18);1H.